The van der Waals surface area contributed by atoms with Crippen LogP contribution in [0.4, 0.5) is 5.69 Å². The maximum atomic E-state index is 12.0. The number of aryl methyl sites for hydroxylation is 2. The van der Waals surface area contributed by atoms with Crippen molar-refractivity contribution in [1.82, 2.24) is 5.32 Å². The number of anilines is 1. The SMILES string of the molecule is COc1ccc(C)cc1NC(=O)COC(=O)CNC(=O)c1ccc(C)cc1. The highest BCUT2D eigenvalue weighted by Crippen LogP contribution is 2.24. The molecule has 0 radical (unpaired) electrons. The van der Waals surface area contributed by atoms with E-state index in [2.05, 4.69) is 10.6 Å². The van der Waals surface area contributed by atoms with Gasteiger partial charge in [-0.25, -0.2) is 0 Å². The second-order valence-corrected chi connectivity index (χ2v) is 5.96. The van der Waals surface area contributed by atoms with Crippen LogP contribution in [0.1, 0.15) is 21.5 Å². The number of hydrogen-bond acceptors (Lipinski definition) is 5. The minimum Gasteiger partial charge on any atom is -0.495 e. The molecule has 0 unspecified atom stereocenters. The molecule has 2 N–H and O–H groups in total. The first kappa shape index (κ1) is 20.0. The van der Waals surface area contributed by atoms with Gasteiger partial charge in [0.15, 0.2) is 6.61 Å². The number of methoxy groups -OCH3 is 1. The number of nitrogens with one attached hydrogen (secondary N) is 2. The Bertz CT molecular complexity index is 831. The molecular formula is C20H22N2O5. The molecule has 0 heterocycles. The third kappa shape index (κ3) is 6.14. The summed E-state index contributed by atoms with van der Waals surface area (Å²) in [7, 11) is 1.50. The summed E-state index contributed by atoms with van der Waals surface area (Å²) in [5.74, 6) is -1.09. The fraction of sp³-hybridized carbons (Fsp3) is 0.250. The van der Waals surface area contributed by atoms with Crippen LogP contribution in [0.5, 0.6) is 5.75 Å². The summed E-state index contributed by atoms with van der Waals surface area (Å²) in [5.41, 5.74) is 2.91. The number of hydrogen-bond donors (Lipinski definition) is 2. The van der Waals surface area contributed by atoms with Crippen molar-refractivity contribution in [2.75, 3.05) is 25.6 Å². The van der Waals surface area contributed by atoms with Crippen LogP contribution in [-0.4, -0.2) is 38.0 Å². The number of ether oxygens (including phenoxy) is 2. The van der Waals surface area contributed by atoms with E-state index in [1.807, 2.05) is 19.9 Å². The standard InChI is InChI=1S/C20H22N2O5/c1-13-4-7-15(8-5-13)20(25)21-11-19(24)27-12-18(23)22-16-10-14(2)6-9-17(16)26-3/h4-10H,11-12H2,1-3H3,(H,21,25)(H,22,23). The molecule has 27 heavy (non-hydrogen) atoms. The molecule has 2 rings (SSSR count). The largest absolute Gasteiger partial charge is 0.495 e. The lowest BCUT2D eigenvalue weighted by Gasteiger charge is -2.11. The van der Waals surface area contributed by atoms with Gasteiger partial charge in [0.25, 0.3) is 11.8 Å². The van der Waals surface area contributed by atoms with Gasteiger partial charge in [0.05, 0.1) is 12.8 Å². The first-order chi connectivity index (χ1) is 12.9. The summed E-state index contributed by atoms with van der Waals surface area (Å²) in [6, 6.07) is 12.3. The van der Waals surface area contributed by atoms with Crippen LogP contribution in [-0.2, 0) is 14.3 Å². The summed E-state index contributed by atoms with van der Waals surface area (Å²) >= 11 is 0. The maximum absolute atomic E-state index is 12.0. The summed E-state index contributed by atoms with van der Waals surface area (Å²) in [4.78, 5) is 35.6. The zero-order valence-corrected chi connectivity index (χ0v) is 15.5. The number of amides is 2. The predicted octanol–water partition coefficient (Wildman–Crippen LogP) is 2.22. The third-order valence-electron chi connectivity index (χ3n) is 3.70. The van der Waals surface area contributed by atoms with Crippen molar-refractivity contribution in [3.63, 3.8) is 0 Å². The van der Waals surface area contributed by atoms with E-state index in [0.29, 0.717) is 17.0 Å². The Kier molecular flexibility index (Phi) is 6.93. The molecule has 0 aliphatic carbocycles. The highest BCUT2D eigenvalue weighted by atomic mass is 16.5. The second-order valence-electron chi connectivity index (χ2n) is 5.96. The van der Waals surface area contributed by atoms with Gasteiger partial charge in [0, 0.05) is 5.56 Å². The van der Waals surface area contributed by atoms with Crippen molar-refractivity contribution in [1.29, 1.82) is 0 Å². The van der Waals surface area contributed by atoms with Crippen molar-refractivity contribution in [2.45, 2.75) is 13.8 Å². The average Bonchev–Trinajstić information content (AvgIpc) is 2.65. The van der Waals surface area contributed by atoms with Gasteiger partial charge in [-0.2, -0.15) is 0 Å². The van der Waals surface area contributed by atoms with Crippen LogP contribution in [0.15, 0.2) is 42.5 Å². The highest BCUT2D eigenvalue weighted by Gasteiger charge is 2.12. The number of benzene rings is 2. The average molecular weight is 370 g/mol. The van der Waals surface area contributed by atoms with Gasteiger partial charge in [-0.15, -0.1) is 0 Å². The van der Waals surface area contributed by atoms with E-state index < -0.39 is 18.5 Å². The smallest absolute Gasteiger partial charge is 0.325 e. The van der Waals surface area contributed by atoms with E-state index in [4.69, 9.17) is 9.47 Å². The molecule has 0 saturated carbocycles. The van der Waals surface area contributed by atoms with E-state index in [9.17, 15) is 14.4 Å². The second kappa shape index (κ2) is 9.38. The zero-order valence-electron chi connectivity index (χ0n) is 15.5. The number of esters is 1. The summed E-state index contributed by atoms with van der Waals surface area (Å²) in [6.45, 7) is 3.01. The molecule has 0 bridgehead atoms. The predicted molar refractivity (Wildman–Crippen MR) is 101 cm³/mol. The molecule has 7 heteroatoms. The normalized spacial score (nSPS) is 10.0. The Labute approximate surface area is 157 Å². The Morgan fingerprint density at radius 2 is 1.63 bits per heavy atom. The third-order valence-corrected chi connectivity index (χ3v) is 3.70. The molecule has 7 nitrogen and oxygen atoms in total. The summed E-state index contributed by atoms with van der Waals surface area (Å²) in [5, 5.41) is 5.08. The summed E-state index contributed by atoms with van der Waals surface area (Å²) in [6.07, 6.45) is 0. The van der Waals surface area contributed by atoms with Crippen LogP contribution in [0.25, 0.3) is 0 Å². The fourth-order valence-corrected chi connectivity index (χ4v) is 2.26. The first-order valence-corrected chi connectivity index (χ1v) is 8.34. The minimum atomic E-state index is -0.707. The molecule has 0 saturated heterocycles. The lowest BCUT2D eigenvalue weighted by molar-refractivity contribution is -0.146. The van der Waals surface area contributed by atoms with Gasteiger partial charge in [-0.3, -0.25) is 14.4 Å². The Hall–Kier alpha value is -3.35. The molecule has 0 spiro atoms. The molecule has 142 valence electrons. The van der Waals surface area contributed by atoms with E-state index >= 15 is 0 Å². The van der Waals surface area contributed by atoms with E-state index in [1.165, 1.54) is 7.11 Å². The van der Waals surface area contributed by atoms with Crippen molar-refractivity contribution >= 4 is 23.5 Å². The lowest BCUT2D eigenvalue weighted by atomic mass is 10.1. The molecule has 2 amide bonds. The van der Waals surface area contributed by atoms with E-state index in [0.717, 1.165) is 11.1 Å². The molecule has 0 aliphatic heterocycles. The van der Waals surface area contributed by atoms with Crippen LogP contribution >= 0.6 is 0 Å². The van der Waals surface area contributed by atoms with Gasteiger partial charge >= 0.3 is 5.97 Å². The van der Waals surface area contributed by atoms with Crippen LogP contribution in [0, 0.1) is 13.8 Å². The monoisotopic (exact) mass is 370 g/mol. The highest BCUT2D eigenvalue weighted by molar-refractivity contribution is 5.97. The Balaban J connectivity index is 1.78. The van der Waals surface area contributed by atoms with Crippen molar-refractivity contribution in [2.24, 2.45) is 0 Å². The van der Waals surface area contributed by atoms with Crippen molar-refractivity contribution in [3.8, 4) is 5.75 Å². The molecule has 2 aromatic rings. The molecule has 0 atom stereocenters. The van der Waals surface area contributed by atoms with Gasteiger partial charge < -0.3 is 20.1 Å². The van der Waals surface area contributed by atoms with Crippen molar-refractivity contribution in [3.05, 3.63) is 59.2 Å². The van der Waals surface area contributed by atoms with Crippen LogP contribution < -0.4 is 15.4 Å². The Morgan fingerprint density at radius 3 is 2.30 bits per heavy atom. The van der Waals surface area contributed by atoms with Crippen LogP contribution in [0.2, 0.25) is 0 Å². The Morgan fingerprint density at radius 1 is 0.963 bits per heavy atom. The van der Waals surface area contributed by atoms with Gasteiger partial charge in [-0.1, -0.05) is 23.8 Å². The fourth-order valence-electron chi connectivity index (χ4n) is 2.26. The molecule has 0 aromatic heterocycles. The van der Waals surface area contributed by atoms with E-state index in [-0.39, 0.29) is 12.5 Å². The van der Waals surface area contributed by atoms with E-state index in [1.54, 1.807) is 36.4 Å². The first-order valence-electron chi connectivity index (χ1n) is 8.34. The maximum Gasteiger partial charge on any atom is 0.325 e. The molecule has 0 fully saturated rings. The molecule has 2 aromatic carbocycles. The molecular weight excluding hydrogens is 348 g/mol. The summed E-state index contributed by atoms with van der Waals surface area (Å²) < 4.78 is 10.0. The molecule has 0 aliphatic rings. The quantitative estimate of drug-likeness (QED) is 0.729. The number of carbonyl (C=O) groups is 3. The lowest BCUT2D eigenvalue weighted by Crippen LogP contribution is -2.32. The van der Waals surface area contributed by atoms with Crippen molar-refractivity contribution < 1.29 is 23.9 Å². The van der Waals surface area contributed by atoms with Gasteiger partial charge in [0.1, 0.15) is 12.3 Å². The topological polar surface area (TPSA) is 93.7 Å². The van der Waals surface area contributed by atoms with Crippen LogP contribution in [0.3, 0.4) is 0 Å². The van der Waals surface area contributed by atoms with Gasteiger partial charge in [0.2, 0.25) is 0 Å². The van der Waals surface area contributed by atoms with Gasteiger partial charge in [-0.05, 0) is 43.7 Å². The number of rotatable bonds is 7. The number of carbonyl (C=O) groups excluding carboxylic acids is 3. The minimum absolute atomic E-state index is 0.326. The zero-order chi connectivity index (χ0) is 19.8.